The summed E-state index contributed by atoms with van der Waals surface area (Å²) in [5, 5.41) is 0.626. The number of halogens is 1. The second kappa shape index (κ2) is 6.74. The minimum atomic E-state index is -0.0174. The van der Waals surface area contributed by atoms with Gasteiger partial charge in [0.05, 0.1) is 10.7 Å². The fraction of sp³-hybridized carbons (Fsp3) is 0.300. The highest BCUT2D eigenvalue weighted by Gasteiger charge is 2.27. The van der Waals surface area contributed by atoms with Gasteiger partial charge in [-0.15, -0.1) is 0 Å². The van der Waals surface area contributed by atoms with Crippen LogP contribution in [0.3, 0.4) is 0 Å². The van der Waals surface area contributed by atoms with Crippen LogP contribution in [-0.2, 0) is 19.5 Å². The summed E-state index contributed by atoms with van der Waals surface area (Å²) in [5.41, 5.74) is 4.67. The first-order valence-corrected chi connectivity index (χ1v) is 9.08. The van der Waals surface area contributed by atoms with Crippen LogP contribution in [0.25, 0.3) is 5.65 Å². The Morgan fingerprint density at radius 3 is 2.73 bits per heavy atom. The fourth-order valence-electron chi connectivity index (χ4n) is 3.51. The van der Waals surface area contributed by atoms with E-state index in [4.69, 9.17) is 11.6 Å². The Kier molecular flexibility index (Phi) is 4.42. The van der Waals surface area contributed by atoms with Gasteiger partial charge in [0.25, 0.3) is 5.91 Å². The van der Waals surface area contributed by atoms with Crippen LogP contribution in [0, 0.1) is 0 Å². The second-order valence-corrected chi connectivity index (χ2v) is 7.40. The normalized spacial score (nSPS) is 14.1. The molecule has 0 fully saturated rings. The molecule has 0 saturated heterocycles. The van der Waals surface area contributed by atoms with E-state index in [1.165, 1.54) is 11.1 Å². The van der Waals surface area contributed by atoms with E-state index in [0.29, 0.717) is 30.4 Å². The average molecular weight is 369 g/mol. The van der Waals surface area contributed by atoms with Gasteiger partial charge in [-0.3, -0.25) is 4.79 Å². The maximum Gasteiger partial charge on any atom is 0.274 e. The summed E-state index contributed by atoms with van der Waals surface area (Å²) in [6.07, 6.45) is 2.70. The van der Waals surface area contributed by atoms with Crippen LogP contribution < -0.4 is 0 Å². The zero-order valence-electron chi connectivity index (χ0n) is 14.9. The molecule has 134 valence electrons. The van der Waals surface area contributed by atoms with Gasteiger partial charge >= 0.3 is 0 Å². The van der Waals surface area contributed by atoms with Crippen LogP contribution in [0.2, 0.25) is 5.02 Å². The highest BCUT2D eigenvalue weighted by Crippen LogP contribution is 2.23. The Morgan fingerprint density at radius 2 is 1.96 bits per heavy atom. The van der Waals surface area contributed by atoms with E-state index < -0.39 is 0 Å². The lowest BCUT2D eigenvalue weighted by Gasteiger charge is -2.28. The predicted octanol–water partition coefficient (Wildman–Crippen LogP) is 3.25. The number of benzene rings is 1. The van der Waals surface area contributed by atoms with Crippen LogP contribution in [-0.4, -0.2) is 45.7 Å². The molecule has 0 unspecified atom stereocenters. The number of rotatable bonds is 3. The van der Waals surface area contributed by atoms with Crippen LogP contribution in [0.5, 0.6) is 0 Å². The number of carbonyl (C=O) groups excluding carboxylic acids is 1. The van der Waals surface area contributed by atoms with E-state index in [1.54, 1.807) is 6.07 Å². The van der Waals surface area contributed by atoms with E-state index in [9.17, 15) is 4.79 Å². The minimum Gasteiger partial charge on any atom is -0.333 e. The molecule has 3 aromatic rings. The molecule has 0 spiro atoms. The largest absolute Gasteiger partial charge is 0.333 e. The van der Waals surface area contributed by atoms with Gasteiger partial charge in [-0.2, -0.15) is 0 Å². The Labute approximate surface area is 157 Å². The summed E-state index contributed by atoms with van der Waals surface area (Å²) in [5.74, 6) is -0.0174. The van der Waals surface area contributed by atoms with Crippen molar-refractivity contribution in [2.24, 2.45) is 0 Å². The van der Waals surface area contributed by atoms with Gasteiger partial charge < -0.3 is 14.2 Å². The highest BCUT2D eigenvalue weighted by molar-refractivity contribution is 6.30. The van der Waals surface area contributed by atoms with Gasteiger partial charge in [0, 0.05) is 25.8 Å². The zero-order chi connectivity index (χ0) is 18.3. The van der Waals surface area contributed by atoms with Gasteiger partial charge in [-0.1, -0.05) is 35.9 Å². The second-order valence-electron chi connectivity index (χ2n) is 6.97. The highest BCUT2D eigenvalue weighted by atomic mass is 35.5. The van der Waals surface area contributed by atoms with Gasteiger partial charge in [-0.05, 0) is 43.8 Å². The number of pyridine rings is 1. The van der Waals surface area contributed by atoms with Crippen LogP contribution in [0.1, 0.15) is 27.3 Å². The average Bonchev–Trinajstić information content (AvgIpc) is 2.98. The SMILES string of the molecule is CN(C)Cc1c(C(=O)N2CCc3ccccc3C2)nc2ccc(Cl)cn12. The third-order valence-electron chi connectivity index (χ3n) is 4.77. The van der Waals surface area contributed by atoms with Crippen LogP contribution in [0.4, 0.5) is 0 Å². The topological polar surface area (TPSA) is 40.9 Å². The fourth-order valence-corrected chi connectivity index (χ4v) is 3.67. The molecule has 26 heavy (non-hydrogen) atoms. The van der Waals surface area contributed by atoms with Gasteiger partial charge in [0.1, 0.15) is 5.65 Å². The summed E-state index contributed by atoms with van der Waals surface area (Å²) >= 11 is 6.16. The van der Waals surface area contributed by atoms with Crippen molar-refractivity contribution in [3.05, 3.63) is 70.1 Å². The quantitative estimate of drug-likeness (QED) is 0.712. The molecule has 1 aromatic carbocycles. The number of imidazole rings is 1. The molecule has 2 aromatic heterocycles. The van der Waals surface area contributed by atoms with Crippen molar-refractivity contribution in [3.63, 3.8) is 0 Å². The maximum absolute atomic E-state index is 13.3. The zero-order valence-corrected chi connectivity index (χ0v) is 15.7. The first-order chi connectivity index (χ1) is 12.5. The van der Waals surface area contributed by atoms with Gasteiger partial charge in [0.15, 0.2) is 5.69 Å². The molecule has 3 heterocycles. The summed E-state index contributed by atoms with van der Waals surface area (Å²) in [6.45, 7) is 1.96. The molecule has 0 atom stereocenters. The number of hydrogen-bond donors (Lipinski definition) is 0. The lowest BCUT2D eigenvalue weighted by Crippen LogP contribution is -2.36. The molecule has 1 aliphatic heterocycles. The molecular weight excluding hydrogens is 348 g/mol. The molecule has 6 heteroatoms. The molecule has 4 rings (SSSR count). The van der Waals surface area contributed by atoms with Crippen molar-refractivity contribution in [2.75, 3.05) is 20.6 Å². The lowest BCUT2D eigenvalue weighted by molar-refractivity contribution is 0.0727. The third-order valence-corrected chi connectivity index (χ3v) is 4.99. The van der Waals surface area contributed by atoms with E-state index in [2.05, 4.69) is 23.2 Å². The summed E-state index contributed by atoms with van der Waals surface area (Å²) in [4.78, 5) is 21.8. The van der Waals surface area contributed by atoms with Crippen LogP contribution in [0.15, 0.2) is 42.6 Å². The van der Waals surface area contributed by atoms with Crippen LogP contribution >= 0.6 is 11.6 Å². The lowest BCUT2D eigenvalue weighted by atomic mass is 9.99. The Bertz CT molecular complexity index is 979. The molecule has 0 aliphatic carbocycles. The first-order valence-electron chi connectivity index (χ1n) is 8.70. The summed E-state index contributed by atoms with van der Waals surface area (Å²) < 4.78 is 1.92. The molecule has 0 N–H and O–H groups in total. The van der Waals surface area contributed by atoms with Crippen molar-refractivity contribution in [1.29, 1.82) is 0 Å². The smallest absolute Gasteiger partial charge is 0.274 e. The molecule has 1 amide bonds. The summed E-state index contributed by atoms with van der Waals surface area (Å²) in [6, 6.07) is 12.0. The number of nitrogens with zero attached hydrogens (tertiary/aromatic N) is 4. The molecule has 0 bridgehead atoms. The maximum atomic E-state index is 13.3. The van der Waals surface area contributed by atoms with Crippen molar-refractivity contribution in [1.82, 2.24) is 19.2 Å². The predicted molar refractivity (Wildman–Crippen MR) is 102 cm³/mol. The molecule has 0 saturated carbocycles. The van der Waals surface area contributed by atoms with E-state index in [1.807, 2.05) is 46.6 Å². The molecular formula is C20H21ClN4O. The Balaban J connectivity index is 1.73. The van der Waals surface area contributed by atoms with Crippen molar-refractivity contribution >= 4 is 23.2 Å². The number of amides is 1. The van der Waals surface area contributed by atoms with E-state index in [0.717, 1.165) is 17.8 Å². The monoisotopic (exact) mass is 368 g/mol. The summed E-state index contributed by atoms with van der Waals surface area (Å²) in [7, 11) is 3.96. The Morgan fingerprint density at radius 1 is 1.19 bits per heavy atom. The van der Waals surface area contributed by atoms with E-state index in [-0.39, 0.29) is 5.91 Å². The van der Waals surface area contributed by atoms with E-state index >= 15 is 0 Å². The van der Waals surface area contributed by atoms with Crippen molar-refractivity contribution < 1.29 is 4.79 Å². The number of hydrogen-bond acceptors (Lipinski definition) is 3. The van der Waals surface area contributed by atoms with Gasteiger partial charge in [-0.25, -0.2) is 4.98 Å². The first kappa shape index (κ1) is 17.1. The minimum absolute atomic E-state index is 0.0174. The number of carbonyl (C=O) groups is 1. The molecule has 5 nitrogen and oxygen atoms in total. The van der Waals surface area contributed by atoms with Gasteiger partial charge in [0.2, 0.25) is 0 Å². The van der Waals surface area contributed by atoms with Crippen molar-refractivity contribution in [2.45, 2.75) is 19.5 Å². The molecule has 1 aliphatic rings. The number of aromatic nitrogens is 2. The third kappa shape index (κ3) is 3.08. The molecule has 0 radical (unpaired) electrons. The Hall–Kier alpha value is -2.37. The number of fused-ring (bicyclic) bond motifs is 2. The standard InChI is InChI=1S/C20H21ClN4O/c1-23(2)13-17-19(22-18-8-7-16(21)12-25(17)18)20(26)24-10-9-14-5-3-4-6-15(14)11-24/h3-8,12H,9-11,13H2,1-2H3. The van der Waals surface area contributed by atoms with Crippen molar-refractivity contribution in [3.8, 4) is 0 Å².